The molecule has 1 atom stereocenters. The van der Waals surface area contributed by atoms with Gasteiger partial charge in [-0.15, -0.1) is 0 Å². The number of carbonyl (C=O) groups is 2. The van der Waals surface area contributed by atoms with Gasteiger partial charge < -0.3 is 10.4 Å². The van der Waals surface area contributed by atoms with E-state index in [0.29, 0.717) is 23.7 Å². The van der Waals surface area contributed by atoms with Crippen LogP contribution in [0.2, 0.25) is 0 Å². The molecule has 0 saturated carbocycles. The maximum absolute atomic E-state index is 12.3. The van der Waals surface area contributed by atoms with Crippen LogP contribution in [-0.2, 0) is 11.8 Å². The van der Waals surface area contributed by atoms with Crippen molar-refractivity contribution in [3.05, 3.63) is 17.0 Å². The van der Waals surface area contributed by atoms with E-state index in [9.17, 15) is 9.59 Å². The van der Waals surface area contributed by atoms with Crippen LogP contribution in [0.15, 0.2) is 0 Å². The van der Waals surface area contributed by atoms with Crippen molar-refractivity contribution in [2.75, 3.05) is 6.54 Å². The zero-order valence-electron chi connectivity index (χ0n) is 13.4. The second-order valence-electron chi connectivity index (χ2n) is 5.97. The van der Waals surface area contributed by atoms with Crippen LogP contribution in [0.4, 0.5) is 0 Å². The molecule has 118 valence electrons. The van der Waals surface area contributed by atoms with Crippen molar-refractivity contribution < 1.29 is 14.7 Å². The number of hydrogen-bond acceptors (Lipinski definition) is 3. The summed E-state index contributed by atoms with van der Waals surface area (Å²) in [6, 6.07) is 0. The molecule has 1 aromatic heterocycles. The van der Waals surface area contributed by atoms with Gasteiger partial charge in [-0.2, -0.15) is 5.10 Å². The van der Waals surface area contributed by atoms with E-state index in [4.69, 9.17) is 5.11 Å². The highest BCUT2D eigenvalue weighted by atomic mass is 16.4. The van der Waals surface area contributed by atoms with Crippen molar-refractivity contribution in [2.45, 2.75) is 40.5 Å². The van der Waals surface area contributed by atoms with E-state index in [1.807, 2.05) is 20.8 Å². The van der Waals surface area contributed by atoms with Gasteiger partial charge in [-0.05, 0) is 32.1 Å². The Hall–Kier alpha value is -1.85. The van der Waals surface area contributed by atoms with Gasteiger partial charge in [-0.1, -0.05) is 13.8 Å². The van der Waals surface area contributed by atoms with Gasteiger partial charge in [0.05, 0.1) is 11.3 Å². The number of aromatic nitrogens is 2. The Balaban J connectivity index is 2.70. The summed E-state index contributed by atoms with van der Waals surface area (Å²) in [4.78, 5) is 23.2. The first kappa shape index (κ1) is 17.2. The van der Waals surface area contributed by atoms with Crippen LogP contribution in [-0.4, -0.2) is 33.3 Å². The number of nitrogens with zero attached hydrogens (tertiary/aromatic N) is 2. The standard InChI is InChI=1S/C15H25N3O3/c1-9(2)6-12(7-13(19)20)8-16-15(21)14-10(3)17-18(5)11(14)4/h9,12H,6-8H2,1-5H3,(H,16,21)(H,19,20)/t12-/m0/s1. The number of amides is 1. The van der Waals surface area contributed by atoms with Crippen molar-refractivity contribution in [2.24, 2.45) is 18.9 Å². The average molecular weight is 295 g/mol. The Kier molecular flexibility index (Phi) is 5.93. The molecular weight excluding hydrogens is 270 g/mol. The molecule has 0 aliphatic heterocycles. The minimum atomic E-state index is -0.830. The molecule has 0 aliphatic rings. The van der Waals surface area contributed by atoms with Crippen molar-refractivity contribution >= 4 is 11.9 Å². The van der Waals surface area contributed by atoms with E-state index >= 15 is 0 Å². The molecule has 1 rings (SSSR count). The molecule has 6 heteroatoms. The number of hydrogen-bond donors (Lipinski definition) is 2. The second kappa shape index (κ2) is 7.24. The van der Waals surface area contributed by atoms with Gasteiger partial charge >= 0.3 is 5.97 Å². The zero-order valence-corrected chi connectivity index (χ0v) is 13.4. The summed E-state index contributed by atoms with van der Waals surface area (Å²) in [5.74, 6) is -0.669. The van der Waals surface area contributed by atoms with E-state index in [1.54, 1.807) is 18.7 Å². The lowest BCUT2D eigenvalue weighted by Crippen LogP contribution is -2.31. The Morgan fingerprint density at radius 1 is 1.33 bits per heavy atom. The molecule has 0 fully saturated rings. The van der Waals surface area contributed by atoms with Crippen molar-refractivity contribution in [1.29, 1.82) is 0 Å². The highest BCUT2D eigenvalue weighted by Gasteiger charge is 2.20. The molecule has 0 bridgehead atoms. The van der Waals surface area contributed by atoms with Crippen LogP contribution in [0.5, 0.6) is 0 Å². The predicted molar refractivity (Wildman–Crippen MR) is 80.2 cm³/mol. The molecule has 2 N–H and O–H groups in total. The normalized spacial score (nSPS) is 12.5. The third-order valence-corrected chi connectivity index (χ3v) is 3.56. The lowest BCUT2D eigenvalue weighted by molar-refractivity contribution is -0.138. The van der Waals surface area contributed by atoms with E-state index in [1.165, 1.54) is 0 Å². The van der Waals surface area contributed by atoms with Gasteiger partial charge in [0, 0.05) is 25.7 Å². The number of aryl methyl sites for hydroxylation is 2. The van der Waals surface area contributed by atoms with Crippen LogP contribution < -0.4 is 5.32 Å². The average Bonchev–Trinajstić information content (AvgIpc) is 2.58. The van der Waals surface area contributed by atoms with Crippen molar-refractivity contribution in [1.82, 2.24) is 15.1 Å². The molecule has 1 heterocycles. The number of carboxylic acid groups (broad SMARTS) is 1. The third-order valence-electron chi connectivity index (χ3n) is 3.56. The first-order valence-electron chi connectivity index (χ1n) is 7.22. The maximum Gasteiger partial charge on any atom is 0.303 e. The van der Waals surface area contributed by atoms with Gasteiger partial charge in [0.25, 0.3) is 5.91 Å². The fraction of sp³-hybridized carbons (Fsp3) is 0.667. The number of aliphatic carboxylic acids is 1. The molecule has 1 aromatic rings. The zero-order chi connectivity index (χ0) is 16.2. The molecule has 6 nitrogen and oxygen atoms in total. The third kappa shape index (κ3) is 4.88. The number of carbonyl (C=O) groups excluding carboxylic acids is 1. The minimum Gasteiger partial charge on any atom is -0.481 e. The van der Waals surface area contributed by atoms with Crippen LogP contribution >= 0.6 is 0 Å². The summed E-state index contributed by atoms with van der Waals surface area (Å²) in [5, 5.41) is 16.0. The van der Waals surface area contributed by atoms with E-state index in [0.717, 1.165) is 12.1 Å². The monoisotopic (exact) mass is 295 g/mol. The molecular formula is C15H25N3O3. The van der Waals surface area contributed by atoms with E-state index in [-0.39, 0.29) is 18.2 Å². The second-order valence-corrected chi connectivity index (χ2v) is 5.97. The van der Waals surface area contributed by atoms with Gasteiger partial charge in [-0.3, -0.25) is 14.3 Å². The number of carboxylic acids is 1. The van der Waals surface area contributed by atoms with Crippen LogP contribution in [0, 0.1) is 25.7 Å². The summed E-state index contributed by atoms with van der Waals surface area (Å²) in [5.41, 5.74) is 2.07. The fourth-order valence-electron chi connectivity index (χ4n) is 2.58. The highest BCUT2D eigenvalue weighted by Crippen LogP contribution is 2.16. The molecule has 1 amide bonds. The van der Waals surface area contributed by atoms with Crippen LogP contribution in [0.3, 0.4) is 0 Å². The van der Waals surface area contributed by atoms with Crippen LogP contribution in [0.25, 0.3) is 0 Å². The SMILES string of the molecule is Cc1nn(C)c(C)c1C(=O)NC[C@H](CC(=O)O)CC(C)C. The van der Waals surface area contributed by atoms with Gasteiger partial charge in [0.2, 0.25) is 0 Å². The summed E-state index contributed by atoms with van der Waals surface area (Å²) in [7, 11) is 1.80. The first-order valence-corrected chi connectivity index (χ1v) is 7.22. The summed E-state index contributed by atoms with van der Waals surface area (Å²) in [6.45, 7) is 8.11. The summed E-state index contributed by atoms with van der Waals surface area (Å²) < 4.78 is 1.67. The molecule has 0 unspecified atom stereocenters. The minimum absolute atomic E-state index is 0.0521. The Morgan fingerprint density at radius 3 is 2.38 bits per heavy atom. The van der Waals surface area contributed by atoms with E-state index < -0.39 is 5.97 Å². The van der Waals surface area contributed by atoms with Gasteiger partial charge in [0.1, 0.15) is 0 Å². The maximum atomic E-state index is 12.3. The quantitative estimate of drug-likeness (QED) is 0.804. The first-order chi connectivity index (χ1) is 9.72. The molecule has 0 aromatic carbocycles. The summed E-state index contributed by atoms with van der Waals surface area (Å²) >= 11 is 0. The molecule has 0 saturated heterocycles. The number of rotatable bonds is 7. The van der Waals surface area contributed by atoms with Crippen molar-refractivity contribution in [3.8, 4) is 0 Å². The Morgan fingerprint density at radius 2 is 1.95 bits per heavy atom. The Labute approximate surface area is 125 Å². The topological polar surface area (TPSA) is 84.2 Å². The summed E-state index contributed by atoms with van der Waals surface area (Å²) in [6.07, 6.45) is 0.848. The number of nitrogens with one attached hydrogen (secondary N) is 1. The molecule has 0 spiro atoms. The lowest BCUT2D eigenvalue weighted by Gasteiger charge is -2.17. The molecule has 0 aliphatic carbocycles. The van der Waals surface area contributed by atoms with E-state index in [2.05, 4.69) is 10.4 Å². The van der Waals surface area contributed by atoms with Crippen molar-refractivity contribution in [3.63, 3.8) is 0 Å². The molecule has 0 radical (unpaired) electrons. The fourth-order valence-corrected chi connectivity index (χ4v) is 2.58. The smallest absolute Gasteiger partial charge is 0.303 e. The van der Waals surface area contributed by atoms with Crippen LogP contribution in [0.1, 0.15) is 48.4 Å². The highest BCUT2D eigenvalue weighted by molar-refractivity contribution is 5.96. The predicted octanol–water partition coefficient (Wildman–Crippen LogP) is 1.90. The largest absolute Gasteiger partial charge is 0.481 e. The Bertz CT molecular complexity index is 520. The van der Waals surface area contributed by atoms with Gasteiger partial charge in [-0.25, -0.2) is 0 Å². The lowest BCUT2D eigenvalue weighted by atomic mass is 9.94. The molecule has 21 heavy (non-hydrogen) atoms. The van der Waals surface area contributed by atoms with Gasteiger partial charge in [0.15, 0.2) is 0 Å².